The Hall–Kier alpha value is -1.46. The summed E-state index contributed by atoms with van der Waals surface area (Å²) in [5.41, 5.74) is 5.69. The van der Waals surface area contributed by atoms with Crippen molar-refractivity contribution in [3.05, 3.63) is 34.5 Å². The van der Waals surface area contributed by atoms with E-state index in [1.807, 2.05) is 0 Å². The van der Waals surface area contributed by atoms with Crippen LogP contribution in [0.25, 0.3) is 0 Å². The quantitative estimate of drug-likeness (QED) is 0.368. The van der Waals surface area contributed by atoms with Crippen LogP contribution in [0.5, 0.6) is 0 Å². The molecule has 0 spiro atoms. The largest absolute Gasteiger partial charge is 0.392 e. The summed E-state index contributed by atoms with van der Waals surface area (Å²) in [4.78, 5) is 3.29. The van der Waals surface area contributed by atoms with Gasteiger partial charge in [0.15, 0.2) is 5.13 Å². The molecular formula is C17H24ClFN4O3S2. The molecule has 7 nitrogen and oxygen atoms in total. The van der Waals surface area contributed by atoms with Crippen LogP contribution in [0.4, 0.5) is 15.2 Å². The van der Waals surface area contributed by atoms with Crippen LogP contribution in [0.15, 0.2) is 28.6 Å². The summed E-state index contributed by atoms with van der Waals surface area (Å²) in [6.45, 7) is 0.846. The minimum Gasteiger partial charge on any atom is -0.392 e. The summed E-state index contributed by atoms with van der Waals surface area (Å²) < 4.78 is 41.2. The molecule has 0 saturated heterocycles. The molecule has 2 rings (SSSR count). The lowest BCUT2D eigenvalue weighted by Gasteiger charge is -2.12. The van der Waals surface area contributed by atoms with Gasteiger partial charge in [0, 0.05) is 24.7 Å². The number of aliphatic hydroxyl groups excluding tert-OH is 1. The van der Waals surface area contributed by atoms with Gasteiger partial charge in [-0.25, -0.2) is 17.8 Å². The Morgan fingerprint density at radius 3 is 2.71 bits per heavy atom. The van der Waals surface area contributed by atoms with E-state index >= 15 is 0 Å². The first-order valence-electron chi connectivity index (χ1n) is 8.87. The van der Waals surface area contributed by atoms with E-state index < -0.39 is 26.8 Å². The monoisotopic (exact) mass is 450 g/mol. The maximum Gasteiger partial charge on any atom is 0.266 e. The fourth-order valence-corrected chi connectivity index (χ4v) is 4.68. The molecule has 28 heavy (non-hydrogen) atoms. The van der Waals surface area contributed by atoms with Crippen LogP contribution in [0.2, 0.25) is 5.02 Å². The number of aliphatic hydroxyl groups is 1. The molecular weight excluding hydrogens is 427 g/mol. The average molecular weight is 451 g/mol. The summed E-state index contributed by atoms with van der Waals surface area (Å²) in [5, 5.41) is 14.3. The molecule has 5 N–H and O–H groups in total. The lowest BCUT2D eigenvalue weighted by atomic mass is 10.1. The van der Waals surface area contributed by atoms with Gasteiger partial charge in [-0.15, -0.1) is 11.3 Å². The molecule has 0 aliphatic heterocycles. The first-order chi connectivity index (χ1) is 13.3. The molecule has 1 aromatic heterocycles. The number of sulfonamides is 1. The van der Waals surface area contributed by atoms with Gasteiger partial charge in [-0.1, -0.05) is 30.9 Å². The highest BCUT2D eigenvalue weighted by atomic mass is 35.5. The summed E-state index contributed by atoms with van der Waals surface area (Å²) >= 11 is 7.22. The van der Waals surface area contributed by atoms with E-state index in [0.717, 1.165) is 49.2 Å². The van der Waals surface area contributed by atoms with Gasteiger partial charge in [0.1, 0.15) is 10.7 Å². The Labute approximate surface area is 173 Å². The predicted molar refractivity (Wildman–Crippen MR) is 111 cm³/mol. The van der Waals surface area contributed by atoms with Crippen molar-refractivity contribution in [3.8, 4) is 0 Å². The Kier molecular flexibility index (Phi) is 8.90. The van der Waals surface area contributed by atoms with Gasteiger partial charge in [0.05, 0.1) is 16.8 Å². The fourth-order valence-electron chi connectivity index (χ4n) is 2.51. The van der Waals surface area contributed by atoms with Crippen LogP contribution in [-0.2, 0) is 10.0 Å². The highest BCUT2D eigenvalue weighted by molar-refractivity contribution is 7.93. The molecule has 1 heterocycles. The SMILES string of the molecule is NCC(O)CCCCCCNc1cc(F)c(S(=O)(=O)Nc2nccs2)cc1Cl. The topological polar surface area (TPSA) is 117 Å². The maximum atomic E-state index is 14.4. The van der Waals surface area contributed by atoms with E-state index in [9.17, 15) is 17.9 Å². The number of nitrogens with one attached hydrogen (secondary N) is 2. The molecule has 2 aromatic rings. The van der Waals surface area contributed by atoms with Gasteiger partial charge in [0.25, 0.3) is 10.0 Å². The number of anilines is 2. The lowest BCUT2D eigenvalue weighted by molar-refractivity contribution is 0.169. The number of aromatic nitrogens is 1. The second kappa shape index (κ2) is 10.9. The Bertz CT molecular complexity index is 850. The summed E-state index contributed by atoms with van der Waals surface area (Å²) in [7, 11) is -4.12. The lowest BCUT2D eigenvalue weighted by Crippen LogP contribution is -2.19. The molecule has 0 bridgehead atoms. The zero-order chi connectivity index (χ0) is 20.6. The maximum absolute atomic E-state index is 14.4. The molecule has 0 aliphatic carbocycles. The third-order valence-electron chi connectivity index (χ3n) is 4.02. The van der Waals surface area contributed by atoms with Gasteiger partial charge in [-0.2, -0.15) is 0 Å². The zero-order valence-electron chi connectivity index (χ0n) is 15.2. The summed E-state index contributed by atoms with van der Waals surface area (Å²) in [6, 6.07) is 2.17. The molecule has 1 atom stereocenters. The Morgan fingerprint density at radius 1 is 1.29 bits per heavy atom. The molecule has 0 aliphatic rings. The number of benzene rings is 1. The number of rotatable bonds is 12. The first kappa shape index (κ1) is 22.8. The standard InChI is InChI=1S/C17H24ClFN4O3S2/c18-13-9-16(28(25,26)23-17-22-7-8-27-17)14(19)10-15(13)21-6-4-2-1-3-5-12(24)11-20/h7-10,12,21,24H,1-6,11,20H2,(H,22,23). The van der Waals surface area contributed by atoms with E-state index in [-0.39, 0.29) is 16.7 Å². The van der Waals surface area contributed by atoms with E-state index in [1.165, 1.54) is 6.20 Å². The van der Waals surface area contributed by atoms with Crippen molar-refractivity contribution < 1.29 is 17.9 Å². The molecule has 11 heteroatoms. The van der Waals surface area contributed by atoms with E-state index in [1.54, 1.807) is 5.38 Å². The molecule has 0 fully saturated rings. The van der Waals surface area contributed by atoms with Gasteiger partial charge >= 0.3 is 0 Å². The minimum absolute atomic E-state index is 0.118. The van der Waals surface area contributed by atoms with Crippen molar-refractivity contribution in [1.82, 2.24) is 4.98 Å². The van der Waals surface area contributed by atoms with E-state index in [0.29, 0.717) is 18.7 Å². The first-order valence-corrected chi connectivity index (χ1v) is 11.6. The highest BCUT2D eigenvalue weighted by Gasteiger charge is 2.22. The third-order valence-corrected chi connectivity index (χ3v) is 6.50. The van der Waals surface area contributed by atoms with E-state index in [2.05, 4.69) is 15.0 Å². The van der Waals surface area contributed by atoms with Crippen molar-refractivity contribution in [2.75, 3.05) is 23.1 Å². The molecule has 1 unspecified atom stereocenters. The van der Waals surface area contributed by atoms with Gasteiger partial charge in [-0.05, 0) is 25.0 Å². The van der Waals surface area contributed by atoms with E-state index in [4.69, 9.17) is 17.3 Å². The second-order valence-corrected chi connectivity index (χ2v) is 9.18. The van der Waals surface area contributed by atoms with Crippen molar-refractivity contribution in [1.29, 1.82) is 0 Å². The van der Waals surface area contributed by atoms with Gasteiger partial charge in [0.2, 0.25) is 0 Å². The smallest absolute Gasteiger partial charge is 0.266 e. The molecule has 0 amide bonds. The van der Waals surface area contributed by atoms with Crippen molar-refractivity contribution in [2.45, 2.75) is 43.1 Å². The fraction of sp³-hybridized carbons (Fsp3) is 0.471. The van der Waals surface area contributed by atoms with Crippen LogP contribution in [0.1, 0.15) is 32.1 Å². The highest BCUT2D eigenvalue weighted by Crippen LogP contribution is 2.29. The molecule has 1 aromatic carbocycles. The van der Waals surface area contributed by atoms with Crippen LogP contribution < -0.4 is 15.8 Å². The van der Waals surface area contributed by atoms with Gasteiger partial charge < -0.3 is 16.2 Å². The average Bonchev–Trinajstić information content (AvgIpc) is 3.15. The number of halogens is 2. The van der Waals surface area contributed by atoms with Crippen molar-refractivity contribution >= 4 is 43.8 Å². The molecule has 0 radical (unpaired) electrons. The van der Waals surface area contributed by atoms with Crippen LogP contribution >= 0.6 is 22.9 Å². The molecule has 156 valence electrons. The number of hydrogen-bond acceptors (Lipinski definition) is 7. The molecule has 0 saturated carbocycles. The minimum atomic E-state index is -4.12. The van der Waals surface area contributed by atoms with Crippen LogP contribution in [-0.4, -0.2) is 37.7 Å². The van der Waals surface area contributed by atoms with Crippen molar-refractivity contribution in [3.63, 3.8) is 0 Å². The number of hydrogen-bond donors (Lipinski definition) is 4. The number of nitrogens with zero attached hydrogens (tertiary/aromatic N) is 1. The Morgan fingerprint density at radius 2 is 2.04 bits per heavy atom. The third kappa shape index (κ3) is 6.85. The number of nitrogens with two attached hydrogens (primary N) is 1. The Balaban J connectivity index is 1.87. The number of thiazole rings is 1. The summed E-state index contributed by atoms with van der Waals surface area (Å²) in [5.74, 6) is -0.897. The second-order valence-electron chi connectivity index (χ2n) is 6.22. The summed E-state index contributed by atoms with van der Waals surface area (Å²) in [6.07, 6.45) is 5.31. The van der Waals surface area contributed by atoms with Gasteiger partial charge in [-0.3, -0.25) is 4.72 Å². The van der Waals surface area contributed by atoms with Crippen LogP contribution in [0, 0.1) is 5.82 Å². The normalized spacial score (nSPS) is 12.7. The predicted octanol–water partition coefficient (Wildman–Crippen LogP) is 3.42. The van der Waals surface area contributed by atoms with Crippen molar-refractivity contribution in [2.24, 2.45) is 5.73 Å². The number of unbranched alkanes of at least 4 members (excludes halogenated alkanes) is 3. The zero-order valence-corrected chi connectivity index (χ0v) is 17.6. The van der Waals surface area contributed by atoms with Crippen LogP contribution in [0.3, 0.4) is 0 Å².